The molecule has 0 N–H and O–H groups in total. The number of aromatic nitrogens is 4. The van der Waals surface area contributed by atoms with Gasteiger partial charge in [-0.3, -0.25) is 4.79 Å². The van der Waals surface area contributed by atoms with E-state index >= 15 is 0 Å². The Labute approximate surface area is 135 Å². The number of carbonyl (C=O) groups is 1. The number of nitrogens with zero attached hydrogens (tertiary/aromatic N) is 5. The van der Waals surface area contributed by atoms with Crippen LogP contribution in [0.1, 0.15) is 35.9 Å². The Morgan fingerprint density at radius 2 is 2.17 bits per heavy atom. The average Bonchev–Trinajstić information content (AvgIpc) is 2.93. The third kappa shape index (κ3) is 3.18. The third-order valence-electron chi connectivity index (χ3n) is 3.78. The lowest BCUT2D eigenvalue weighted by atomic mass is 10.2. The van der Waals surface area contributed by atoms with Crippen molar-refractivity contribution in [2.24, 2.45) is 5.92 Å². The monoisotopic (exact) mass is 315 g/mol. The predicted molar refractivity (Wildman–Crippen MR) is 84.1 cm³/mol. The number of hydrogen-bond donors (Lipinski definition) is 0. The summed E-state index contributed by atoms with van der Waals surface area (Å²) >= 11 is 0. The van der Waals surface area contributed by atoms with E-state index in [9.17, 15) is 4.79 Å². The van der Waals surface area contributed by atoms with E-state index in [2.05, 4.69) is 29.0 Å². The molecule has 1 aliphatic heterocycles. The molecule has 0 aliphatic carbocycles. The minimum atomic E-state index is -0.0799. The molecule has 0 saturated carbocycles. The molecule has 122 valence electrons. The van der Waals surface area contributed by atoms with Gasteiger partial charge in [0.05, 0.1) is 13.2 Å². The van der Waals surface area contributed by atoms with E-state index in [1.54, 1.807) is 23.2 Å². The van der Waals surface area contributed by atoms with Crippen molar-refractivity contribution in [3.05, 3.63) is 35.5 Å². The lowest BCUT2D eigenvalue weighted by Crippen LogP contribution is -2.38. The summed E-state index contributed by atoms with van der Waals surface area (Å²) in [4.78, 5) is 18.8. The highest BCUT2D eigenvalue weighted by Gasteiger charge is 2.26. The predicted octanol–water partition coefficient (Wildman–Crippen LogP) is 1.67. The molecule has 0 aromatic carbocycles. The number of ether oxygens (including phenoxy) is 1. The molecule has 0 bridgehead atoms. The minimum absolute atomic E-state index is 0.0799. The van der Waals surface area contributed by atoms with Crippen molar-refractivity contribution in [3.8, 4) is 5.88 Å². The Hall–Kier alpha value is -2.44. The molecule has 1 amide bonds. The summed E-state index contributed by atoms with van der Waals surface area (Å²) in [6.45, 7) is 8.37. The van der Waals surface area contributed by atoms with Gasteiger partial charge in [-0.15, -0.1) is 10.2 Å². The summed E-state index contributed by atoms with van der Waals surface area (Å²) in [5, 5.41) is 8.21. The van der Waals surface area contributed by atoms with E-state index in [4.69, 9.17) is 4.74 Å². The standard InChI is InChI=1S/C16H21N5O2/c1-11(2)10-23-15-13(5-4-6-17-15)16(22)20-7-8-21-12(3)18-19-14(21)9-20/h4-6,11H,7-10H2,1-3H3. The second-order valence-corrected chi connectivity index (χ2v) is 6.10. The van der Waals surface area contributed by atoms with Gasteiger partial charge >= 0.3 is 0 Å². The summed E-state index contributed by atoms with van der Waals surface area (Å²) in [6, 6.07) is 3.52. The van der Waals surface area contributed by atoms with Gasteiger partial charge in [0, 0.05) is 19.3 Å². The van der Waals surface area contributed by atoms with Crippen LogP contribution in [0.3, 0.4) is 0 Å². The van der Waals surface area contributed by atoms with E-state index in [-0.39, 0.29) is 5.91 Å². The molecule has 0 spiro atoms. The highest BCUT2D eigenvalue weighted by Crippen LogP contribution is 2.20. The van der Waals surface area contributed by atoms with Crippen molar-refractivity contribution in [2.75, 3.05) is 13.2 Å². The first-order valence-electron chi connectivity index (χ1n) is 7.82. The molecular formula is C16H21N5O2. The largest absolute Gasteiger partial charge is 0.477 e. The van der Waals surface area contributed by atoms with Crippen LogP contribution in [0.5, 0.6) is 5.88 Å². The zero-order valence-electron chi connectivity index (χ0n) is 13.7. The minimum Gasteiger partial charge on any atom is -0.477 e. The first kappa shape index (κ1) is 15.5. The summed E-state index contributed by atoms with van der Waals surface area (Å²) in [7, 11) is 0. The number of carbonyl (C=O) groups excluding carboxylic acids is 1. The fourth-order valence-corrected chi connectivity index (χ4v) is 2.56. The fourth-order valence-electron chi connectivity index (χ4n) is 2.56. The van der Waals surface area contributed by atoms with Crippen LogP contribution in [-0.2, 0) is 13.1 Å². The van der Waals surface area contributed by atoms with Crippen LogP contribution < -0.4 is 4.74 Å². The molecular weight excluding hydrogens is 294 g/mol. The average molecular weight is 315 g/mol. The molecule has 7 heteroatoms. The molecule has 23 heavy (non-hydrogen) atoms. The number of pyridine rings is 1. The lowest BCUT2D eigenvalue weighted by Gasteiger charge is -2.28. The van der Waals surface area contributed by atoms with E-state index in [0.717, 1.165) is 11.6 Å². The van der Waals surface area contributed by atoms with Crippen LogP contribution in [0.25, 0.3) is 0 Å². The van der Waals surface area contributed by atoms with E-state index in [1.165, 1.54) is 0 Å². The van der Waals surface area contributed by atoms with E-state index in [0.29, 0.717) is 43.6 Å². The van der Waals surface area contributed by atoms with Crippen molar-refractivity contribution in [3.63, 3.8) is 0 Å². The Bertz CT molecular complexity index is 710. The molecule has 3 rings (SSSR count). The first-order chi connectivity index (χ1) is 11.1. The van der Waals surface area contributed by atoms with Crippen LogP contribution in [-0.4, -0.2) is 43.7 Å². The molecule has 0 fully saturated rings. The Kier molecular flexibility index (Phi) is 4.27. The van der Waals surface area contributed by atoms with Crippen molar-refractivity contribution < 1.29 is 9.53 Å². The van der Waals surface area contributed by atoms with Crippen LogP contribution in [0.15, 0.2) is 18.3 Å². The Morgan fingerprint density at radius 3 is 2.96 bits per heavy atom. The summed E-state index contributed by atoms with van der Waals surface area (Å²) in [6.07, 6.45) is 1.64. The topological polar surface area (TPSA) is 73.1 Å². The fraction of sp³-hybridized carbons (Fsp3) is 0.500. The SMILES string of the molecule is Cc1nnc2n1CCN(C(=O)c1cccnc1OCC(C)C)C2. The van der Waals surface area contributed by atoms with Gasteiger partial charge in [0.15, 0.2) is 5.82 Å². The maximum Gasteiger partial charge on any atom is 0.259 e. The number of fused-ring (bicyclic) bond motifs is 1. The molecule has 0 atom stereocenters. The van der Waals surface area contributed by atoms with Crippen LogP contribution in [0.2, 0.25) is 0 Å². The highest BCUT2D eigenvalue weighted by molar-refractivity contribution is 5.96. The van der Waals surface area contributed by atoms with E-state index < -0.39 is 0 Å². The normalized spacial score (nSPS) is 14.0. The van der Waals surface area contributed by atoms with Crippen molar-refractivity contribution in [1.82, 2.24) is 24.6 Å². The molecule has 0 unspecified atom stereocenters. The zero-order chi connectivity index (χ0) is 16.4. The molecule has 2 aromatic heterocycles. The second-order valence-electron chi connectivity index (χ2n) is 6.10. The van der Waals surface area contributed by atoms with Gasteiger partial charge in [-0.05, 0) is 25.0 Å². The number of hydrogen-bond acceptors (Lipinski definition) is 5. The highest BCUT2D eigenvalue weighted by atomic mass is 16.5. The maximum atomic E-state index is 12.8. The van der Waals surface area contributed by atoms with Gasteiger partial charge in [0.1, 0.15) is 11.4 Å². The quantitative estimate of drug-likeness (QED) is 0.858. The third-order valence-corrected chi connectivity index (χ3v) is 3.78. The zero-order valence-corrected chi connectivity index (χ0v) is 13.7. The number of amides is 1. The first-order valence-corrected chi connectivity index (χ1v) is 7.82. The van der Waals surface area contributed by atoms with Gasteiger partial charge in [0.2, 0.25) is 5.88 Å². The van der Waals surface area contributed by atoms with Crippen LogP contribution in [0, 0.1) is 12.8 Å². The molecule has 1 aliphatic rings. The van der Waals surface area contributed by atoms with Crippen LogP contribution in [0.4, 0.5) is 0 Å². The molecule has 3 heterocycles. The summed E-state index contributed by atoms with van der Waals surface area (Å²) in [5.41, 5.74) is 0.498. The van der Waals surface area contributed by atoms with Gasteiger partial charge in [-0.1, -0.05) is 13.8 Å². The summed E-state index contributed by atoms with van der Waals surface area (Å²) < 4.78 is 7.74. The molecule has 7 nitrogen and oxygen atoms in total. The van der Waals surface area contributed by atoms with Gasteiger partial charge < -0.3 is 14.2 Å². The van der Waals surface area contributed by atoms with Gasteiger partial charge in [0.25, 0.3) is 5.91 Å². The Balaban J connectivity index is 1.79. The molecule has 0 saturated heterocycles. The van der Waals surface area contributed by atoms with Crippen molar-refractivity contribution in [1.29, 1.82) is 0 Å². The summed E-state index contributed by atoms with van der Waals surface area (Å²) in [5.74, 6) is 2.39. The maximum absolute atomic E-state index is 12.8. The van der Waals surface area contributed by atoms with Gasteiger partial charge in [-0.25, -0.2) is 4.98 Å². The lowest BCUT2D eigenvalue weighted by molar-refractivity contribution is 0.0700. The van der Waals surface area contributed by atoms with Crippen molar-refractivity contribution >= 4 is 5.91 Å². The number of rotatable bonds is 4. The number of aryl methyl sites for hydroxylation is 1. The van der Waals surface area contributed by atoms with E-state index in [1.807, 2.05) is 11.5 Å². The molecule has 0 radical (unpaired) electrons. The van der Waals surface area contributed by atoms with Crippen LogP contribution >= 0.6 is 0 Å². The Morgan fingerprint density at radius 1 is 1.35 bits per heavy atom. The molecule has 2 aromatic rings. The second kappa shape index (κ2) is 6.36. The van der Waals surface area contributed by atoms with Crippen molar-refractivity contribution in [2.45, 2.75) is 33.9 Å². The van der Waals surface area contributed by atoms with Gasteiger partial charge in [-0.2, -0.15) is 0 Å². The smallest absolute Gasteiger partial charge is 0.259 e.